The van der Waals surface area contributed by atoms with E-state index in [1.54, 1.807) is 31.4 Å². The van der Waals surface area contributed by atoms with Crippen LogP contribution in [0.15, 0.2) is 53.5 Å². The Morgan fingerprint density at radius 1 is 1.07 bits per heavy atom. The number of hydrogen-bond acceptors (Lipinski definition) is 4. The lowest BCUT2D eigenvalue weighted by Gasteiger charge is -2.22. The van der Waals surface area contributed by atoms with Crippen LogP contribution in [0.1, 0.15) is 33.2 Å². The summed E-state index contributed by atoms with van der Waals surface area (Å²) in [7, 11) is 3.60. The van der Waals surface area contributed by atoms with Crippen LogP contribution in [-0.4, -0.2) is 61.4 Å². The summed E-state index contributed by atoms with van der Waals surface area (Å²) in [6.45, 7) is 3.97. The van der Waals surface area contributed by atoms with E-state index in [4.69, 9.17) is 4.74 Å². The molecule has 1 aliphatic heterocycles. The number of nitrogens with zero attached hydrogens (tertiary/aromatic N) is 3. The van der Waals surface area contributed by atoms with Crippen LogP contribution in [0, 0.1) is 0 Å². The van der Waals surface area contributed by atoms with Gasteiger partial charge in [0.05, 0.1) is 24.8 Å². The van der Waals surface area contributed by atoms with Crippen LogP contribution >= 0.6 is 0 Å². The van der Waals surface area contributed by atoms with Crippen molar-refractivity contribution in [1.82, 2.24) is 15.1 Å². The SMILES string of the molecule is CCNC(=NCCN1C(=O)c2ccccc2C1=O)N(C)Cc1ccc(OC)cc1. The van der Waals surface area contributed by atoms with E-state index < -0.39 is 0 Å². The lowest BCUT2D eigenvalue weighted by atomic mass is 10.1. The molecular weight excluding hydrogens is 368 g/mol. The van der Waals surface area contributed by atoms with Crippen molar-refractivity contribution >= 4 is 17.8 Å². The molecule has 7 nitrogen and oxygen atoms in total. The molecule has 3 rings (SSSR count). The number of benzene rings is 2. The average molecular weight is 394 g/mol. The second-order valence-corrected chi connectivity index (χ2v) is 6.75. The quantitative estimate of drug-likeness (QED) is 0.443. The number of imide groups is 1. The molecule has 0 atom stereocenters. The Morgan fingerprint density at radius 2 is 1.69 bits per heavy atom. The smallest absolute Gasteiger partial charge is 0.261 e. The van der Waals surface area contributed by atoms with Crippen molar-refractivity contribution in [2.24, 2.45) is 4.99 Å². The second kappa shape index (κ2) is 9.23. The maximum Gasteiger partial charge on any atom is 0.261 e. The summed E-state index contributed by atoms with van der Waals surface area (Å²) in [5, 5.41) is 3.25. The fourth-order valence-electron chi connectivity index (χ4n) is 3.25. The number of carbonyl (C=O) groups is 2. The number of aliphatic imine (C=N–C) groups is 1. The summed E-state index contributed by atoms with van der Waals surface area (Å²) in [6, 6.07) is 14.8. The zero-order valence-corrected chi connectivity index (χ0v) is 17.0. The lowest BCUT2D eigenvalue weighted by Crippen LogP contribution is -2.39. The van der Waals surface area contributed by atoms with Gasteiger partial charge in [-0.25, -0.2) is 0 Å². The molecule has 1 N–H and O–H groups in total. The molecule has 152 valence electrons. The van der Waals surface area contributed by atoms with Crippen molar-refractivity contribution in [2.45, 2.75) is 13.5 Å². The molecule has 1 heterocycles. The molecule has 2 aromatic carbocycles. The van der Waals surface area contributed by atoms with Gasteiger partial charge in [-0.2, -0.15) is 0 Å². The number of ether oxygens (including phenoxy) is 1. The van der Waals surface area contributed by atoms with Gasteiger partial charge in [0, 0.05) is 26.7 Å². The maximum absolute atomic E-state index is 12.5. The van der Waals surface area contributed by atoms with Gasteiger partial charge in [0.25, 0.3) is 11.8 Å². The van der Waals surface area contributed by atoms with Crippen LogP contribution in [0.2, 0.25) is 0 Å². The van der Waals surface area contributed by atoms with Crippen LogP contribution in [0.5, 0.6) is 5.75 Å². The number of rotatable bonds is 7. The number of carbonyl (C=O) groups excluding carboxylic acids is 2. The largest absolute Gasteiger partial charge is 0.497 e. The fraction of sp³-hybridized carbons (Fsp3) is 0.318. The average Bonchev–Trinajstić information content (AvgIpc) is 2.98. The third-order valence-electron chi connectivity index (χ3n) is 4.74. The minimum absolute atomic E-state index is 0.248. The Balaban J connectivity index is 1.63. The minimum atomic E-state index is -0.252. The summed E-state index contributed by atoms with van der Waals surface area (Å²) in [6.07, 6.45) is 0. The number of methoxy groups -OCH3 is 1. The van der Waals surface area contributed by atoms with E-state index in [-0.39, 0.29) is 18.4 Å². The van der Waals surface area contributed by atoms with Gasteiger partial charge in [0.1, 0.15) is 5.75 Å². The third-order valence-corrected chi connectivity index (χ3v) is 4.74. The number of hydrogen-bond donors (Lipinski definition) is 1. The summed E-state index contributed by atoms with van der Waals surface area (Å²) in [4.78, 5) is 32.8. The monoisotopic (exact) mass is 394 g/mol. The normalized spacial score (nSPS) is 13.5. The first kappa shape index (κ1) is 20.4. The molecule has 0 bridgehead atoms. The molecule has 0 radical (unpaired) electrons. The van der Waals surface area contributed by atoms with Gasteiger partial charge in [-0.1, -0.05) is 24.3 Å². The van der Waals surface area contributed by atoms with Gasteiger partial charge in [-0.15, -0.1) is 0 Å². The van der Waals surface area contributed by atoms with Crippen molar-refractivity contribution in [2.75, 3.05) is 33.8 Å². The van der Waals surface area contributed by atoms with Crippen LogP contribution in [0.25, 0.3) is 0 Å². The Labute approximate surface area is 171 Å². The molecule has 0 aliphatic carbocycles. The van der Waals surface area contributed by atoms with E-state index >= 15 is 0 Å². The highest BCUT2D eigenvalue weighted by Crippen LogP contribution is 2.22. The zero-order valence-electron chi connectivity index (χ0n) is 17.0. The van der Waals surface area contributed by atoms with E-state index in [9.17, 15) is 9.59 Å². The molecule has 0 aromatic heterocycles. The van der Waals surface area contributed by atoms with Crippen LogP contribution in [-0.2, 0) is 6.54 Å². The van der Waals surface area contributed by atoms with Gasteiger partial charge >= 0.3 is 0 Å². The summed E-state index contributed by atoms with van der Waals surface area (Å²) >= 11 is 0. The molecule has 2 amide bonds. The maximum atomic E-state index is 12.5. The van der Waals surface area contributed by atoms with E-state index in [0.29, 0.717) is 24.2 Å². The van der Waals surface area contributed by atoms with Crippen molar-refractivity contribution in [3.8, 4) is 5.75 Å². The molecule has 0 saturated heterocycles. The Hall–Kier alpha value is -3.35. The van der Waals surface area contributed by atoms with Gasteiger partial charge in [-0.05, 0) is 36.8 Å². The Morgan fingerprint density at radius 3 is 2.24 bits per heavy atom. The highest BCUT2D eigenvalue weighted by atomic mass is 16.5. The van der Waals surface area contributed by atoms with Gasteiger partial charge in [-0.3, -0.25) is 19.5 Å². The molecule has 0 fully saturated rings. The molecule has 0 saturated carbocycles. The van der Waals surface area contributed by atoms with Crippen LogP contribution < -0.4 is 10.1 Å². The van der Waals surface area contributed by atoms with Gasteiger partial charge < -0.3 is 15.0 Å². The van der Waals surface area contributed by atoms with E-state index in [1.165, 1.54) is 4.90 Å². The first-order chi connectivity index (χ1) is 14.0. The summed E-state index contributed by atoms with van der Waals surface area (Å²) in [5.74, 6) is 1.03. The number of guanidine groups is 1. The van der Waals surface area contributed by atoms with E-state index in [0.717, 1.165) is 23.8 Å². The lowest BCUT2D eigenvalue weighted by molar-refractivity contribution is 0.0659. The van der Waals surface area contributed by atoms with Gasteiger partial charge in [0.15, 0.2) is 5.96 Å². The summed E-state index contributed by atoms with van der Waals surface area (Å²) < 4.78 is 5.19. The molecule has 0 unspecified atom stereocenters. The number of amides is 2. The van der Waals surface area contributed by atoms with E-state index in [1.807, 2.05) is 43.1 Å². The first-order valence-electron chi connectivity index (χ1n) is 9.62. The van der Waals surface area contributed by atoms with Gasteiger partial charge in [0.2, 0.25) is 0 Å². The minimum Gasteiger partial charge on any atom is -0.497 e. The van der Waals surface area contributed by atoms with Crippen LogP contribution in [0.4, 0.5) is 0 Å². The predicted octanol–water partition coefficient (Wildman–Crippen LogP) is 2.39. The standard InChI is InChI=1S/C22H26N4O3/c1-4-23-22(25(2)15-16-9-11-17(29-3)12-10-16)24-13-14-26-20(27)18-7-5-6-8-19(18)21(26)28/h5-12H,4,13-15H2,1-3H3,(H,23,24). The van der Waals surface area contributed by atoms with Crippen molar-refractivity contribution < 1.29 is 14.3 Å². The Kier molecular flexibility index (Phi) is 6.49. The number of nitrogens with one attached hydrogen (secondary N) is 1. The van der Waals surface area contributed by atoms with Crippen LogP contribution in [0.3, 0.4) is 0 Å². The molecule has 29 heavy (non-hydrogen) atoms. The number of fused-ring (bicyclic) bond motifs is 1. The van der Waals surface area contributed by atoms with Crippen molar-refractivity contribution in [3.63, 3.8) is 0 Å². The zero-order chi connectivity index (χ0) is 20.8. The third kappa shape index (κ3) is 4.56. The first-order valence-corrected chi connectivity index (χ1v) is 9.62. The van der Waals surface area contributed by atoms with Crippen molar-refractivity contribution in [1.29, 1.82) is 0 Å². The highest BCUT2D eigenvalue weighted by Gasteiger charge is 2.34. The summed E-state index contributed by atoms with van der Waals surface area (Å²) in [5.41, 5.74) is 2.05. The molecule has 0 spiro atoms. The van der Waals surface area contributed by atoms with Crippen molar-refractivity contribution in [3.05, 3.63) is 65.2 Å². The molecule has 2 aromatic rings. The second-order valence-electron chi connectivity index (χ2n) is 6.75. The topological polar surface area (TPSA) is 74.2 Å². The molecule has 7 heteroatoms. The predicted molar refractivity (Wildman–Crippen MR) is 112 cm³/mol. The highest BCUT2D eigenvalue weighted by molar-refractivity contribution is 6.21. The molecule has 1 aliphatic rings. The Bertz CT molecular complexity index is 874. The fourth-order valence-corrected chi connectivity index (χ4v) is 3.25. The molecular formula is C22H26N4O3. The van der Waals surface area contributed by atoms with E-state index in [2.05, 4.69) is 10.3 Å².